The number of hydrogen-bond acceptors (Lipinski definition) is 15. The van der Waals surface area contributed by atoms with E-state index in [2.05, 4.69) is 21.3 Å². The smallest absolute Gasteiger partial charge is 0.246 e. The fraction of sp³-hybridized carbons (Fsp3) is 0.797. The van der Waals surface area contributed by atoms with E-state index >= 15 is 28.8 Å². The van der Waals surface area contributed by atoms with Crippen LogP contribution in [0.1, 0.15) is 183 Å². The van der Waals surface area contributed by atoms with Crippen LogP contribution in [-0.4, -0.2) is 253 Å². The zero-order valence-corrected chi connectivity index (χ0v) is 63.4. The zero-order chi connectivity index (χ0) is 74.0. The van der Waals surface area contributed by atoms with Crippen molar-refractivity contribution in [1.29, 1.82) is 0 Å². The first kappa shape index (κ1) is 86.9. The second-order valence-electron chi connectivity index (χ2n) is 29.6. The molecule has 544 valence electrons. The molecule has 11 amide bonds. The predicted octanol–water partition coefficient (Wildman–Crippen LogP) is 4.24. The number of carbonyl (C=O) groups excluding carboxylic acids is 12. The molecule has 1 saturated heterocycles. The number of aliphatic hydroxyl groups excluding tert-OH is 1. The van der Waals surface area contributed by atoms with Gasteiger partial charge in [0.05, 0.1) is 11.7 Å². The topological polar surface area (TPSA) is 316 Å². The van der Waals surface area contributed by atoms with Gasteiger partial charge in [-0.1, -0.05) is 109 Å². The normalized spacial score (nSPS) is 26.4. The van der Waals surface area contributed by atoms with Gasteiger partial charge in [-0.25, -0.2) is 0 Å². The molecule has 0 saturated carbocycles. The monoisotopic (exact) mass is 1360 g/mol. The quantitative estimate of drug-likeness (QED) is 0.0929. The second kappa shape index (κ2) is 38.1. The SMILES string of the molecule is C/C=C/C[C@@H](C)[C@@H](O)[C@H]1C(=O)N[C@@H](CC)C(=O)N(C)[C@H](CSC(C)(C)CC(C)=O)C(=O)N(C)[C@@H](CC(C)(C)O)C(=O)N[C@@H](C(C)C)C(=O)N(C)[C@@H](CC(C)C)C(=O)N[C@@H](C)C(=O)N[C@H](C)C(=O)N(C)[C@@H](CC(C)C)C(=O)N(C)[C@@H](CC(C)C)C(=O)N(C)[C@@H](C(C)C)C(=O)N1C. The molecule has 0 aromatic carbocycles. The summed E-state index contributed by atoms with van der Waals surface area (Å²) in [5, 5.41) is 34.7. The largest absolute Gasteiger partial charge is 0.390 e. The van der Waals surface area contributed by atoms with E-state index in [-0.39, 0.29) is 74.2 Å². The number of ketones is 1. The summed E-state index contributed by atoms with van der Waals surface area (Å²) in [7, 11) is 9.70. The van der Waals surface area contributed by atoms with Crippen LogP contribution in [0.15, 0.2) is 12.2 Å². The van der Waals surface area contributed by atoms with Gasteiger partial charge in [-0.05, 0) is 109 Å². The molecule has 1 heterocycles. The number of nitrogens with zero attached hydrogens (tertiary/aromatic N) is 7. The number of carbonyl (C=O) groups is 12. The van der Waals surface area contributed by atoms with Gasteiger partial charge in [0.2, 0.25) is 65.0 Å². The van der Waals surface area contributed by atoms with Gasteiger partial charge in [-0.15, -0.1) is 0 Å². The molecule has 0 aliphatic carbocycles. The van der Waals surface area contributed by atoms with Gasteiger partial charge in [-0.3, -0.25) is 57.5 Å². The molecule has 25 nitrogen and oxygen atoms in total. The van der Waals surface area contributed by atoms with Gasteiger partial charge in [0.15, 0.2) is 0 Å². The Labute approximate surface area is 572 Å². The molecule has 13 atom stereocenters. The Kier molecular flexibility index (Phi) is 34.9. The van der Waals surface area contributed by atoms with E-state index in [1.54, 1.807) is 74.5 Å². The fourth-order valence-electron chi connectivity index (χ4n) is 11.9. The first-order valence-corrected chi connectivity index (χ1v) is 34.8. The zero-order valence-electron chi connectivity index (χ0n) is 62.5. The number of rotatable bonds is 20. The third-order valence-electron chi connectivity index (χ3n) is 17.7. The van der Waals surface area contributed by atoms with Crippen LogP contribution >= 0.6 is 11.8 Å². The molecule has 1 fully saturated rings. The highest BCUT2D eigenvalue weighted by atomic mass is 32.2. The van der Waals surface area contributed by atoms with Crippen LogP contribution in [0.5, 0.6) is 0 Å². The van der Waals surface area contributed by atoms with Crippen LogP contribution < -0.4 is 21.3 Å². The molecule has 1 rings (SSSR count). The Morgan fingerprint density at radius 3 is 1.39 bits per heavy atom. The maximum absolute atomic E-state index is 15.4. The Balaban J connectivity index is 4.64. The number of Topliss-reactive ketones (excluding diaryl/α,β-unsaturated/α-hetero) is 1. The number of likely N-dealkylation sites (N-methyl/N-ethyl adjacent to an activating group) is 7. The Hall–Kier alpha value is -6.15. The van der Waals surface area contributed by atoms with Gasteiger partial charge < -0.3 is 65.8 Å². The molecule has 0 aromatic heterocycles. The number of allylic oxidation sites excluding steroid dienone is 2. The second-order valence-corrected chi connectivity index (χ2v) is 31.4. The van der Waals surface area contributed by atoms with E-state index in [4.69, 9.17) is 0 Å². The highest BCUT2D eigenvalue weighted by Gasteiger charge is 2.47. The first-order chi connectivity index (χ1) is 43.5. The van der Waals surface area contributed by atoms with Crippen LogP contribution in [-0.2, 0) is 57.5 Å². The number of amides is 11. The lowest BCUT2D eigenvalue weighted by molar-refractivity contribution is -0.157. The van der Waals surface area contributed by atoms with Crippen molar-refractivity contribution >= 4 is 82.5 Å². The van der Waals surface area contributed by atoms with Gasteiger partial charge in [-0.2, -0.15) is 11.8 Å². The highest BCUT2D eigenvalue weighted by molar-refractivity contribution is 8.00. The van der Waals surface area contributed by atoms with E-state index in [1.165, 1.54) is 115 Å². The molecule has 6 N–H and O–H groups in total. The minimum atomic E-state index is -1.69. The molecule has 1 aliphatic heterocycles. The van der Waals surface area contributed by atoms with Crippen LogP contribution in [0.25, 0.3) is 0 Å². The van der Waals surface area contributed by atoms with E-state index in [0.29, 0.717) is 0 Å². The molecule has 95 heavy (non-hydrogen) atoms. The fourth-order valence-corrected chi connectivity index (χ4v) is 13.2. The molecule has 0 spiro atoms. The van der Waals surface area contributed by atoms with Crippen molar-refractivity contribution < 1.29 is 67.7 Å². The summed E-state index contributed by atoms with van der Waals surface area (Å²) in [6.07, 6.45) is 2.22. The molecule has 0 unspecified atom stereocenters. The molecule has 0 aromatic rings. The van der Waals surface area contributed by atoms with Crippen LogP contribution in [0.2, 0.25) is 0 Å². The summed E-state index contributed by atoms with van der Waals surface area (Å²) >= 11 is 1.21. The number of aliphatic hydroxyl groups is 2. The van der Waals surface area contributed by atoms with Gasteiger partial charge in [0.1, 0.15) is 72.2 Å². The molecule has 1 aliphatic rings. The van der Waals surface area contributed by atoms with Crippen molar-refractivity contribution in [3.8, 4) is 0 Å². The van der Waals surface area contributed by atoms with Crippen LogP contribution in [0.3, 0.4) is 0 Å². The van der Waals surface area contributed by atoms with Crippen molar-refractivity contribution in [1.82, 2.24) is 55.6 Å². The molecular weight excluding hydrogens is 1240 g/mol. The summed E-state index contributed by atoms with van der Waals surface area (Å²) < 4.78 is -0.791. The lowest BCUT2D eigenvalue weighted by Crippen LogP contribution is -2.64. The lowest BCUT2D eigenvalue weighted by Gasteiger charge is -2.41. The summed E-state index contributed by atoms with van der Waals surface area (Å²) in [6.45, 7) is 33.7. The predicted molar refractivity (Wildman–Crippen MR) is 371 cm³/mol. The highest BCUT2D eigenvalue weighted by Crippen LogP contribution is 2.32. The Morgan fingerprint density at radius 1 is 0.516 bits per heavy atom. The summed E-state index contributed by atoms with van der Waals surface area (Å²) in [6, 6.07) is -14.8. The van der Waals surface area contributed by atoms with E-state index in [0.717, 1.165) is 14.7 Å². The number of thioether (sulfide) groups is 1. The van der Waals surface area contributed by atoms with Gasteiger partial charge in [0, 0.05) is 72.7 Å². The van der Waals surface area contributed by atoms with E-state index in [1.807, 2.05) is 41.5 Å². The average molecular weight is 1360 g/mol. The van der Waals surface area contributed by atoms with E-state index in [9.17, 15) is 39.0 Å². The van der Waals surface area contributed by atoms with E-state index < -0.39 is 166 Å². The molecular formula is C69H123N11O14S. The Bertz CT molecular complexity index is 2680. The summed E-state index contributed by atoms with van der Waals surface area (Å²) in [5.41, 5.74) is -1.63. The maximum atomic E-state index is 15.4. The van der Waals surface area contributed by atoms with Gasteiger partial charge >= 0.3 is 0 Å². The van der Waals surface area contributed by atoms with Crippen molar-refractivity contribution in [2.24, 2.45) is 35.5 Å². The standard InChI is InChI=1S/C69H123N11O14S/c1-28-30-31-43(13)56(82)55-60(86)72-47(29-2)62(88)78(25)52(37-95-69(19,20)35-44(14)81)65(91)77(24)51(36-68(17,18)94)59(85)73-53(41(9)10)66(92)74(21)48(32-38(3)4)58(84)70-45(15)57(83)71-46(16)61(87)75(22)49(33-39(5)6)63(89)76(23)50(34-40(7)8)64(90)79(26)54(42(11)12)67(93)80(55)27/h28,30,38-43,45-56,82,94H,29,31-37H2,1-27H3,(H,70,84)(H,71,83)(H,72,86)(H,73,85)/b30-28+/t43-,45+,46-,47+,48+,49+,50+,51+,52-,53+,54+,55+,56-/m1/s1. The van der Waals surface area contributed by atoms with Crippen LogP contribution in [0, 0.1) is 35.5 Å². The van der Waals surface area contributed by atoms with Crippen molar-refractivity contribution in [3.63, 3.8) is 0 Å². The maximum Gasteiger partial charge on any atom is 0.246 e. The van der Waals surface area contributed by atoms with Gasteiger partial charge in [0.25, 0.3) is 0 Å². The number of hydrogen-bond donors (Lipinski definition) is 6. The third-order valence-corrected chi connectivity index (χ3v) is 19.1. The van der Waals surface area contributed by atoms with Crippen molar-refractivity contribution in [3.05, 3.63) is 12.2 Å². The average Bonchev–Trinajstić information content (AvgIpc) is 0.825. The minimum Gasteiger partial charge on any atom is -0.390 e. The minimum absolute atomic E-state index is 0.0733. The van der Waals surface area contributed by atoms with Crippen LogP contribution in [0.4, 0.5) is 0 Å². The summed E-state index contributed by atoms with van der Waals surface area (Å²) in [5.74, 6) is -11.0. The summed E-state index contributed by atoms with van der Waals surface area (Å²) in [4.78, 5) is 185. The lowest BCUT2D eigenvalue weighted by atomic mass is 9.91. The first-order valence-electron chi connectivity index (χ1n) is 33.8. The molecule has 0 radical (unpaired) electrons. The Morgan fingerprint density at radius 2 is 0.937 bits per heavy atom. The van der Waals surface area contributed by atoms with Crippen molar-refractivity contribution in [2.45, 2.75) is 266 Å². The molecule has 26 heteroatoms. The number of nitrogens with one attached hydrogen (secondary N) is 4. The van der Waals surface area contributed by atoms with Crippen molar-refractivity contribution in [2.75, 3.05) is 55.1 Å². The third kappa shape index (κ3) is 25.3. The molecule has 0 bridgehead atoms.